The molecule has 1 aromatic heterocycles. The number of amides is 1. The van der Waals surface area contributed by atoms with E-state index in [1.54, 1.807) is 0 Å². The molecule has 1 aliphatic rings. The number of benzene rings is 1. The number of nitrogens with zero attached hydrogens (tertiary/aromatic N) is 1. The molecule has 0 radical (unpaired) electrons. The zero-order valence-electron chi connectivity index (χ0n) is 15.0. The van der Waals surface area contributed by atoms with E-state index in [9.17, 15) is 4.79 Å². The fourth-order valence-corrected chi connectivity index (χ4v) is 3.19. The van der Waals surface area contributed by atoms with Crippen LogP contribution in [-0.2, 0) is 16.0 Å². The highest BCUT2D eigenvalue weighted by Gasteiger charge is 2.18. The van der Waals surface area contributed by atoms with E-state index in [2.05, 4.69) is 22.3 Å². The van der Waals surface area contributed by atoms with E-state index >= 15 is 0 Å². The number of carbonyl (C=O) groups excluding carboxylic acids is 1. The van der Waals surface area contributed by atoms with Gasteiger partial charge in [0.15, 0.2) is 0 Å². The second-order valence-corrected chi connectivity index (χ2v) is 6.46. The van der Waals surface area contributed by atoms with Crippen LogP contribution in [0, 0.1) is 6.92 Å². The van der Waals surface area contributed by atoms with Gasteiger partial charge in [-0.25, -0.2) is 0 Å². The van der Waals surface area contributed by atoms with Crippen molar-refractivity contribution in [2.45, 2.75) is 32.7 Å². The highest BCUT2D eigenvalue weighted by atomic mass is 16.5. The lowest BCUT2D eigenvalue weighted by atomic mass is 10.0. The average molecular weight is 342 g/mol. The van der Waals surface area contributed by atoms with Crippen molar-refractivity contribution in [3.05, 3.63) is 53.5 Å². The number of ether oxygens (including phenoxy) is 1. The van der Waals surface area contributed by atoms with Crippen LogP contribution in [0.25, 0.3) is 0 Å². The van der Waals surface area contributed by atoms with E-state index in [-0.39, 0.29) is 11.9 Å². The first-order valence-corrected chi connectivity index (χ1v) is 8.90. The van der Waals surface area contributed by atoms with Crippen LogP contribution < -0.4 is 10.2 Å². The summed E-state index contributed by atoms with van der Waals surface area (Å²) in [5.41, 5.74) is 2.33. The number of carbonyl (C=O) groups is 1. The molecule has 2 heterocycles. The number of morpholine rings is 1. The molecule has 3 rings (SSSR count). The summed E-state index contributed by atoms with van der Waals surface area (Å²) in [7, 11) is 0. The third-order valence-corrected chi connectivity index (χ3v) is 4.53. The van der Waals surface area contributed by atoms with Gasteiger partial charge in [0.25, 0.3) is 0 Å². The average Bonchev–Trinajstić information content (AvgIpc) is 3.06. The van der Waals surface area contributed by atoms with Crippen molar-refractivity contribution < 1.29 is 13.9 Å². The van der Waals surface area contributed by atoms with Gasteiger partial charge in [-0.3, -0.25) is 4.79 Å². The van der Waals surface area contributed by atoms with E-state index < -0.39 is 0 Å². The number of hydrogen-bond acceptors (Lipinski definition) is 4. The monoisotopic (exact) mass is 342 g/mol. The first-order valence-electron chi connectivity index (χ1n) is 8.90. The number of anilines is 1. The molecular formula is C20H26N2O3. The normalized spacial score (nSPS) is 15.8. The summed E-state index contributed by atoms with van der Waals surface area (Å²) < 4.78 is 11.0. The van der Waals surface area contributed by atoms with Crippen LogP contribution in [0.2, 0.25) is 0 Å². The second kappa shape index (κ2) is 8.21. The number of rotatable bonds is 6. The van der Waals surface area contributed by atoms with Gasteiger partial charge < -0.3 is 19.4 Å². The van der Waals surface area contributed by atoms with E-state index in [4.69, 9.17) is 9.15 Å². The van der Waals surface area contributed by atoms with Gasteiger partial charge in [0, 0.05) is 31.6 Å². The lowest BCUT2D eigenvalue weighted by Crippen LogP contribution is -2.37. The summed E-state index contributed by atoms with van der Waals surface area (Å²) in [6.45, 7) is 7.21. The van der Waals surface area contributed by atoms with E-state index in [1.807, 2.05) is 38.1 Å². The zero-order valence-corrected chi connectivity index (χ0v) is 15.0. The maximum Gasteiger partial charge on any atom is 0.220 e. The van der Waals surface area contributed by atoms with Crippen LogP contribution in [0.15, 0.2) is 40.8 Å². The number of nitrogens with one attached hydrogen (secondary N) is 1. The fourth-order valence-electron chi connectivity index (χ4n) is 3.19. The molecule has 1 amide bonds. The molecule has 1 aromatic carbocycles. The van der Waals surface area contributed by atoms with Crippen molar-refractivity contribution in [2.24, 2.45) is 0 Å². The Morgan fingerprint density at radius 3 is 2.68 bits per heavy atom. The Labute approximate surface area is 149 Å². The molecule has 1 N–H and O–H groups in total. The Kier molecular flexibility index (Phi) is 5.76. The van der Waals surface area contributed by atoms with Gasteiger partial charge >= 0.3 is 0 Å². The SMILES string of the molecule is Cc1ccc(CCC(=O)N[C@H](C)c2ccccc2N2CCOCC2)o1. The van der Waals surface area contributed by atoms with E-state index in [0.29, 0.717) is 12.8 Å². The minimum absolute atomic E-state index is 0.0371. The molecular weight excluding hydrogens is 316 g/mol. The van der Waals surface area contributed by atoms with Gasteiger partial charge in [-0.2, -0.15) is 0 Å². The molecule has 0 unspecified atom stereocenters. The van der Waals surface area contributed by atoms with Crippen LogP contribution in [-0.4, -0.2) is 32.2 Å². The molecule has 1 aliphatic heterocycles. The van der Waals surface area contributed by atoms with Crippen LogP contribution in [0.5, 0.6) is 0 Å². The summed E-state index contributed by atoms with van der Waals surface area (Å²) in [6.07, 6.45) is 1.05. The minimum atomic E-state index is -0.0371. The van der Waals surface area contributed by atoms with Crippen LogP contribution >= 0.6 is 0 Å². The number of aryl methyl sites for hydroxylation is 2. The first kappa shape index (κ1) is 17.5. The molecule has 25 heavy (non-hydrogen) atoms. The lowest BCUT2D eigenvalue weighted by molar-refractivity contribution is -0.121. The van der Waals surface area contributed by atoms with Crippen molar-refractivity contribution in [1.29, 1.82) is 0 Å². The van der Waals surface area contributed by atoms with Crippen LogP contribution in [0.1, 0.15) is 36.5 Å². The third kappa shape index (κ3) is 4.63. The van der Waals surface area contributed by atoms with Gasteiger partial charge in [-0.1, -0.05) is 18.2 Å². The topological polar surface area (TPSA) is 54.7 Å². The van der Waals surface area contributed by atoms with Crippen molar-refractivity contribution in [3.63, 3.8) is 0 Å². The van der Waals surface area contributed by atoms with E-state index in [0.717, 1.165) is 43.4 Å². The summed E-state index contributed by atoms with van der Waals surface area (Å²) in [4.78, 5) is 14.6. The largest absolute Gasteiger partial charge is 0.466 e. The van der Waals surface area contributed by atoms with Crippen LogP contribution in [0.4, 0.5) is 5.69 Å². The van der Waals surface area contributed by atoms with E-state index in [1.165, 1.54) is 5.69 Å². The zero-order chi connectivity index (χ0) is 17.6. The Bertz CT molecular complexity index is 704. The summed E-state index contributed by atoms with van der Waals surface area (Å²) in [6, 6.07) is 12.1. The molecule has 1 saturated heterocycles. The Morgan fingerprint density at radius 1 is 1.20 bits per heavy atom. The van der Waals surface area contributed by atoms with Crippen LogP contribution in [0.3, 0.4) is 0 Å². The highest BCUT2D eigenvalue weighted by molar-refractivity contribution is 5.77. The molecule has 0 saturated carbocycles. The van der Waals surface area contributed by atoms with Crippen molar-refractivity contribution >= 4 is 11.6 Å². The summed E-state index contributed by atoms with van der Waals surface area (Å²) in [5, 5.41) is 3.11. The smallest absolute Gasteiger partial charge is 0.220 e. The van der Waals surface area contributed by atoms with Gasteiger partial charge in [0.2, 0.25) is 5.91 Å². The Balaban J connectivity index is 1.60. The lowest BCUT2D eigenvalue weighted by Gasteiger charge is -2.32. The third-order valence-electron chi connectivity index (χ3n) is 4.53. The standard InChI is InChI=1S/C20H26N2O3/c1-15-7-8-17(25-15)9-10-20(23)21-16(2)18-5-3-4-6-19(18)22-11-13-24-14-12-22/h3-8,16H,9-14H2,1-2H3,(H,21,23)/t16-/m1/s1. The Morgan fingerprint density at radius 2 is 1.96 bits per heavy atom. The number of para-hydroxylation sites is 1. The number of furan rings is 1. The molecule has 0 aliphatic carbocycles. The maximum absolute atomic E-state index is 12.3. The molecule has 0 bridgehead atoms. The molecule has 1 atom stereocenters. The fraction of sp³-hybridized carbons (Fsp3) is 0.450. The second-order valence-electron chi connectivity index (χ2n) is 6.46. The predicted molar refractivity (Wildman–Crippen MR) is 97.8 cm³/mol. The van der Waals surface area contributed by atoms with Gasteiger partial charge in [0.05, 0.1) is 19.3 Å². The minimum Gasteiger partial charge on any atom is -0.466 e. The number of hydrogen-bond donors (Lipinski definition) is 1. The highest BCUT2D eigenvalue weighted by Crippen LogP contribution is 2.27. The molecule has 1 fully saturated rings. The molecule has 134 valence electrons. The molecule has 5 heteroatoms. The summed E-state index contributed by atoms with van der Waals surface area (Å²) in [5.74, 6) is 1.77. The maximum atomic E-state index is 12.3. The van der Waals surface area contributed by atoms with Gasteiger partial charge in [-0.05, 0) is 37.6 Å². The van der Waals surface area contributed by atoms with Crippen molar-refractivity contribution in [2.75, 3.05) is 31.2 Å². The Hall–Kier alpha value is -2.27. The van der Waals surface area contributed by atoms with Crippen molar-refractivity contribution in [1.82, 2.24) is 5.32 Å². The first-order chi connectivity index (χ1) is 12.1. The van der Waals surface area contributed by atoms with Gasteiger partial charge in [0.1, 0.15) is 11.5 Å². The molecule has 2 aromatic rings. The molecule has 5 nitrogen and oxygen atoms in total. The predicted octanol–water partition coefficient (Wildman–Crippen LogP) is 3.23. The van der Waals surface area contributed by atoms with Crippen molar-refractivity contribution in [3.8, 4) is 0 Å². The van der Waals surface area contributed by atoms with Gasteiger partial charge in [-0.15, -0.1) is 0 Å². The quantitative estimate of drug-likeness (QED) is 0.876. The molecule has 0 spiro atoms. The summed E-state index contributed by atoms with van der Waals surface area (Å²) >= 11 is 0.